The largest absolute Gasteiger partial charge is 0.271 e. The Balaban J connectivity index is 1.31. The molecule has 1 nitrogen and oxygen atoms in total. The lowest BCUT2D eigenvalue weighted by atomic mass is 9.77. The maximum Gasteiger partial charge on any atom is 0.271 e. The van der Waals surface area contributed by atoms with Gasteiger partial charge < -0.3 is 0 Å². The maximum absolute atomic E-state index is 4.80. The van der Waals surface area contributed by atoms with Crippen LogP contribution in [0.4, 0.5) is 0 Å². The van der Waals surface area contributed by atoms with E-state index in [0.29, 0.717) is 0 Å². The average molecular weight is 641 g/mol. The van der Waals surface area contributed by atoms with Gasteiger partial charge in [-0.2, -0.15) is 4.57 Å². The van der Waals surface area contributed by atoms with E-state index in [1.165, 1.54) is 80.5 Å². The highest BCUT2D eigenvalue weighted by Crippen LogP contribution is 2.58. The van der Waals surface area contributed by atoms with Crippen molar-refractivity contribution in [3.8, 4) is 38.1 Å². The van der Waals surface area contributed by atoms with E-state index in [1.807, 2.05) is 11.3 Å². The second-order valence-corrected chi connectivity index (χ2v) is 15.9. The summed E-state index contributed by atoms with van der Waals surface area (Å²) < 4.78 is 3.97. The van der Waals surface area contributed by atoms with Gasteiger partial charge in [0.2, 0.25) is 5.52 Å². The Morgan fingerprint density at radius 3 is 1.77 bits per heavy atom. The molecule has 0 radical (unpaired) electrons. The Kier molecular flexibility index (Phi) is 6.61. The van der Waals surface area contributed by atoms with E-state index in [9.17, 15) is 0 Å². The summed E-state index contributed by atoms with van der Waals surface area (Å²) in [7, 11) is -0.742. The smallest absolute Gasteiger partial charge is 0.172 e. The van der Waals surface area contributed by atoms with Gasteiger partial charge in [0.1, 0.15) is 4.70 Å². The Bertz CT molecular complexity index is 2400. The normalized spacial score (nSPS) is 13.7. The fourth-order valence-electron chi connectivity index (χ4n) is 8.00. The van der Waals surface area contributed by atoms with Crippen LogP contribution in [0, 0.1) is 0 Å². The molecule has 2 aromatic heterocycles. The first kappa shape index (κ1) is 28.5. The Morgan fingerprint density at radius 2 is 1.17 bits per heavy atom. The molecule has 0 atom stereocenters. The van der Waals surface area contributed by atoms with Crippen molar-refractivity contribution in [1.29, 1.82) is 0 Å². The Morgan fingerprint density at radius 1 is 0.596 bits per heavy atom. The van der Waals surface area contributed by atoms with Crippen molar-refractivity contribution in [1.82, 2.24) is 0 Å². The molecule has 0 aliphatic carbocycles. The molecule has 47 heavy (non-hydrogen) atoms. The van der Waals surface area contributed by atoms with Gasteiger partial charge in [-0.3, -0.25) is 0 Å². The molecule has 0 unspecified atom stereocenters. The number of aromatic nitrogens is 1. The summed E-state index contributed by atoms with van der Waals surface area (Å²) in [5, 5.41) is 8.36. The number of hydrogen-bond donors (Lipinski definition) is 0. The van der Waals surface area contributed by atoms with Crippen LogP contribution < -0.4 is 4.57 Å². The van der Waals surface area contributed by atoms with Crippen LogP contribution in [0.25, 0.3) is 74.9 Å². The molecule has 0 saturated carbocycles. The van der Waals surface area contributed by atoms with Crippen molar-refractivity contribution >= 4 is 55.7 Å². The number of rotatable bonds is 5. The summed E-state index contributed by atoms with van der Waals surface area (Å²) in [6, 6.07) is 52.1. The van der Waals surface area contributed by atoms with Gasteiger partial charge in [-0.15, -0.1) is 0 Å². The van der Waals surface area contributed by atoms with E-state index in [0.717, 1.165) is 12.8 Å². The molecule has 0 bridgehead atoms. The van der Waals surface area contributed by atoms with Crippen molar-refractivity contribution in [3.05, 3.63) is 152 Å². The maximum atomic E-state index is 4.80. The molecular formula is C44H35NPS+. The SMILES string of the molecule is C=C1c2ccc(-p3c4ccc(-c5ccccc5)cc4c4cc(-c5ccccc5)ccc43)cc2-c2sc3ccccc3[n+]2C1(CC)CC. The Labute approximate surface area is 281 Å². The van der Waals surface area contributed by atoms with Crippen molar-refractivity contribution in [2.24, 2.45) is 0 Å². The number of fused-ring (bicyclic) bond motifs is 8. The third-order valence-electron chi connectivity index (χ3n) is 10.5. The quantitative estimate of drug-likeness (QED) is 0.165. The van der Waals surface area contributed by atoms with Gasteiger partial charge in [0.15, 0.2) is 5.54 Å². The van der Waals surface area contributed by atoms with E-state index in [4.69, 9.17) is 6.58 Å². The molecule has 0 amide bonds. The minimum absolute atomic E-state index is 0.122. The van der Waals surface area contributed by atoms with Gasteiger partial charge in [-0.05, 0) is 86.4 Å². The van der Waals surface area contributed by atoms with Crippen LogP contribution in [-0.4, -0.2) is 0 Å². The fraction of sp³-hybridized carbons (Fsp3) is 0.114. The molecular weight excluding hydrogens is 606 g/mol. The van der Waals surface area contributed by atoms with Crippen molar-refractivity contribution in [3.63, 3.8) is 0 Å². The van der Waals surface area contributed by atoms with Gasteiger partial charge in [0.05, 0.1) is 5.56 Å². The lowest BCUT2D eigenvalue weighted by Crippen LogP contribution is -2.58. The highest BCUT2D eigenvalue weighted by Gasteiger charge is 2.49. The van der Waals surface area contributed by atoms with Crippen LogP contribution in [0.3, 0.4) is 0 Å². The van der Waals surface area contributed by atoms with Crippen LogP contribution >= 0.6 is 18.9 Å². The molecule has 1 aliphatic heterocycles. The molecule has 6 aromatic carbocycles. The standard InChI is InChI=1S/C44H35NPS/c1-4-44(5-2)29(3)35-23-22-34(28-38(35)43-45(44)39-18-12-13-19-42(39)47-43)46-40-24-20-32(30-14-8-6-9-15-30)26-36(40)37-27-33(21-25-41(37)46)31-16-10-7-11-17-31/h6-28H,3-5H2,1-2H3/q+1. The molecule has 0 fully saturated rings. The number of allylic oxidation sites excluding steroid dienone is 1. The predicted molar refractivity (Wildman–Crippen MR) is 205 cm³/mol. The molecule has 226 valence electrons. The molecule has 9 rings (SSSR count). The van der Waals surface area contributed by atoms with Crippen molar-refractivity contribution < 1.29 is 4.57 Å². The molecule has 3 heteroatoms. The second kappa shape index (κ2) is 10.9. The second-order valence-electron chi connectivity index (χ2n) is 12.7. The van der Waals surface area contributed by atoms with Crippen LogP contribution in [-0.2, 0) is 5.54 Å². The number of hydrogen-bond acceptors (Lipinski definition) is 1. The lowest BCUT2D eigenvalue weighted by Gasteiger charge is -2.33. The first-order valence-corrected chi connectivity index (χ1v) is 18.7. The van der Waals surface area contributed by atoms with Crippen molar-refractivity contribution in [2.45, 2.75) is 32.2 Å². The highest BCUT2D eigenvalue weighted by atomic mass is 32.1. The fourth-order valence-corrected chi connectivity index (χ4v) is 11.9. The van der Waals surface area contributed by atoms with Crippen LogP contribution in [0.2, 0.25) is 0 Å². The molecule has 0 saturated heterocycles. The zero-order chi connectivity index (χ0) is 31.7. The van der Waals surface area contributed by atoms with Crippen LogP contribution in [0.15, 0.2) is 146 Å². The van der Waals surface area contributed by atoms with Gasteiger partial charge in [-0.25, -0.2) is 0 Å². The topological polar surface area (TPSA) is 3.88 Å². The molecule has 1 aliphatic rings. The first-order valence-electron chi connectivity index (χ1n) is 16.6. The molecule has 0 spiro atoms. The van der Waals surface area contributed by atoms with Crippen LogP contribution in [0.5, 0.6) is 0 Å². The number of nitrogens with zero attached hydrogens (tertiary/aromatic N) is 1. The van der Waals surface area contributed by atoms with E-state index in [1.54, 1.807) is 0 Å². The van der Waals surface area contributed by atoms with E-state index in [2.05, 4.69) is 158 Å². The Hall–Kier alpha value is -4.75. The minimum atomic E-state index is -0.742. The zero-order valence-corrected chi connectivity index (χ0v) is 28.4. The van der Waals surface area contributed by atoms with Gasteiger partial charge in [0.25, 0.3) is 5.01 Å². The number of thiazole rings is 1. The van der Waals surface area contributed by atoms with E-state index in [-0.39, 0.29) is 5.54 Å². The summed E-state index contributed by atoms with van der Waals surface area (Å²) in [5.74, 6) is 0. The van der Waals surface area contributed by atoms with Gasteiger partial charge >= 0.3 is 0 Å². The third kappa shape index (κ3) is 4.18. The van der Waals surface area contributed by atoms with E-state index < -0.39 is 7.53 Å². The van der Waals surface area contributed by atoms with E-state index >= 15 is 0 Å². The summed E-state index contributed by atoms with van der Waals surface area (Å²) >= 11 is 1.93. The minimum Gasteiger partial charge on any atom is -0.172 e. The zero-order valence-electron chi connectivity index (χ0n) is 26.7. The summed E-state index contributed by atoms with van der Waals surface area (Å²) in [5.41, 5.74) is 10.1. The lowest BCUT2D eigenvalue weighted by molar-refractivity contribution is -0.714. The van der Waals surface area contributed by atoms with Crippen molar-refractivity contribution in [2.75, 3.05) is 0 Å². The predicted octanol–water partition coefficient (Wildman–Crippen LogP) is 13.0. The summed E-state index contributed by atoms with van der Waals surface area (Å²) in [6.07, 6.45) is 2.03. The molecule has 3 heterocycles. The van der Waals surface area contributed by atoms with Crippen LogP contribution in [0.1, 0.15) is 32.3 Å². The monoisotopic (exact) mass is 640 g/mol. The average Bonchev–Trinajstić information content (AvgIpc) is 3.69. The van der Waals surface area contributed by atoms with Gasteiger partial charge in [0, 0.05) is 34.7 Å². The molecule has 0 N–H and O–H groups in total. The van der Waals surface area contributed by atoms with Gasteiger partial charge in [-0.1, -0.05) is 130 Å². The summed E-state index contributed by atoms with van der Waals surface area (Å²) in [4.78, 5) is 0. The number of para-hydroxylation sites is 1. The number of benzene rings is 6. The first-order chi connectivity index (χ1) is 23.1. The summed E-state index contributed by atoms with van der Waals surface area (Å²) in [6.45, 7) is 9.44. The molecule has 8 aromatic rings. The third-order valence-corrected chi connectivity index (χ3v) is 14.2. The highest BCUT2D eigenvalue weighted by molar-refractivity contribution is 7.67.